The summed E-state index contributed by atoms with van der Waals surface area (Å²) in [4.78, 5) is 16.1. The van der Waals surface area contributed by atoms with Crippen molar-refractivity contribution in [3.8, 4) is 0 Å². The van der Waals surface area contributed by atoms with E-state index in [-0.39, 0.29) is 12.1 Å². The van der Waals surface area contributed by atoms with Crippen molar-refractivity contribution in [2.24, 2.45) is 21.0 Å². The van der Waals surface area contributed by atoms with Crippen LogP contribution in [0.5, 0.6) is 0 Å². The molecule has 96 valence electrons. The Morgan fingerprint density at radius 3 is 3.00 bits per heavy atom. The molecule has 1 aromatic heterocycles. The fourth-order valence-electron chi connectivity index (χ4n) is 2.65. The van der Waals surface area contributed by atoms with E-state index in [0.29, 0.717) is 12.5 Å². The van der Waals surface area contributed by atoms with Crippen LogP contribution in [0.2, 0.25) is 0 Å². The maximum Gasteiger partial charge on any atom is 0.0604 e. The second kappa shape index (κ2) is 5.20. The number of fused-ring (bicyclic) bond motifs is 1. The molecule has 19 heavy (non-hydrogen) atoms. The predicted molar refractivity (Wildman–Crippen MR) is 73.6 cm³/mol. The van der Waals surface area contributed by atoms with Crippen molar-refractivity contribution in [3.63, 3.8) is 0 Å². The van der Waals surface area contributed by atoms with Crippen molar-refractivity contribution in [2.75, 3.05) is 6.54 Å². The van der Waals surface area contributed by atoms with Gasteiger partial charge in [-0.1, -0.05) is 5.11 Å². The number of hydrogen-bond acceptors (Lipinski definition) is 4. The molecule has 0 bridgehead atoms. The topological polar surface area (TPSA) is 86.4 Å². The van der Waals surface area contributed by atoms with Gasteiger partial charge in [0.15, 0.2) is 0 Å². The smallest absolute Gasteiger partial charge is 0.0604 e. The Kier molecular flexibility index (Phi) is 3.25. The van der Waals surface area contributed by atoms with E-state index in [4.69, 9.17) is 10.5 Å². The molecule has 0 fully saturated rings. The van der Waals surface area contributed by atoms with Gasteiger partial charge in [-0.05, 0) is 36.1 Å². The third kappa shape index (κ3) is 2.48. The summed E-state index contributed by atoms with van der Waals surface area (Å²) in [6.45, 7) is 0.427. The minimum Gasteiger partial charge on any atom is -0.294 e. The third-order valence-corrected chi connectivity index (χ3v) is 3.62. The average molecular weight is 254 g/mol. The second-order valence-corrected chi connectivity index (χ2v) is 4.85. The van der Waals surface area contributed by atoms with Gasteiger partial charge in [0.25, 0.3) is 0 Å². The summed E-state index contributed by atoms with van der Waals surface area (Å²) in [5, 5.41) is 3.60. The molecule has 0 aliphatic carbocycles. The lowest BCUT2D eigenvalue weighted by Gasteiger charge is -2.23. The quantitative estimate of drug-likeness (QED) is 0.463. The highest BCUT2D eigenvalue weighted by molar-refractivity contribution is 6.03. The number of aromatic nitrogens is 1. The van der Waals surface area contributed by atoms with E-state index in [1.807, 2.05) is 18.3 Å². The first-order valence-electron chi connectivity index (χ1n) is 6.38. The number of aliphatic imine (C=N–C) groups is 2. The summed E-state index contributed by atoms with van der Waals surface area (Å²) in [7, 11) is 0. The molecule has 2 aliphatic rings. The Labute approximate surface area is 110 Å². The predicted octanol–water partition coefficient (Wildman–Crippen LogP) is 2.41. The fraction of sp³-hybridized carbons (Fsp3) is 0.462. The zero-order valence-corrected chi connectivity index (χ0v) is 10.4. The molecular formula is C13H14N6. The van der Waals surface area contributed by atoms with Crippen molar-refractivity contribution >= 4 is 11.9 Å². The first-order valence-corrected chi connectivity index (χ1v) is 6.38. The fourth-order valence-corrected chi connectivity index (χ4v) is 2.65. The van der Waals surface area contributed by atoms with Crippen LogP contribution in [0.4, 0.5) is 0 Å². The SMILES string of the molecule is [N-]=[N+]=NCC1CC2N=C(c3ccncc3)CC2C=N1. The van der Waals surface area contributed by atoms with E-state index in [1.54, 1.807) is 12.4 Å². The summed E-state index contributed by atoms with van der Waals surface area (Å²) in [6.07, 6.45) is 7.38. The summed E-state index contributed by atoms with van der Waals surface area (Å²) >= 11 is 0. The Balaban J connectivity index is 1.75. The van der Waals surface area contributed by atoms with E-state index in [0.717, 1.165) is 24.1 Å². The van der Waals surface area contributed by atoms with E-state index in [2.05, 4.69) is 20.0 Å². The minimum absolute atomic E-state index is 0.0812. The first kappa shape index (κ1) is 11.9. The second-order valence-electron chi connectivity index (χ2n) is 4.85. The van der Waals surface area contributed by atoms with Gasteiger partial charge in [0.1, 0.15) is 0 Å². The average Bonchev–Trinajstić information content (AvgIpc) is 2.89. The van der Waals surface area contributed by atoms with Crippen LogP contribution < -0.4 is 0 Å². The molecule has 1 aromatic rings. The Bertz CT molecular complexity index is 558. The van der Waals surface area contributed by atoms with Crippen molar-refractivity contribution in [1.82, 2.24) is 4.98 Å². The van der Waals surface area contributed by atoms with Gasteiger partial charge in [0.2, 0.25) is 0 Å². The third-order valence-electron chi connectivity index (χ3n) is 3.62. The lowest BCUT2D eigenvalue weighted by atomic mass is 9.91. The number of hydrogen-bond donors (Lipinski definition) is 0. The number of nitrogens with zero attached hydrogens (tertiary/aromatic N) is 6. The molecule has 6 heteroatoms. The van der Waals surface area contributed by atoms with Crippen LogP contribution in [0.1, 0.15) is 18.4 Å². The highest BCUT2D eigenvalue weighted by atomic mass is 15.1. The van der Waals surface area contributed by atoms with Crippen molar-refractivity contribution in [2.45, 2.75) is 24.9 Å². The zero-order valence-electron chi connectivity index (χ0n) is 10.4. The van der Waals surface area contributed by atoms with Crippen LogP contribution >= 0.6 is 0 Å². The molecule has 0 aromatic carbocycles. The highest BCUT2D eigenvalue weighted by Crippen LogP contribution is 2.30. The van der Waals surface area contributed by atoms with Crippen molar-refractivity contribution in [1.29, 1.82) is 0 Å². The van der Waals surface area contributed by atoms with Gasteiger partial charge in [0, 0.05) is 41.7 Å². The van der Waals surface area contributed by atoms with Gasteiger partial charge < -0.3 is 0 Å². The molecule has 0 spiro atoms. The molecule has 3 heterocycles. The molecule has 2 aliphatic heterocycles. The Morgan fingerprint density at radius 1 is 1.37 bits per heavy atom. The van der Waals surface area contributed by atoms with Crippen LogP contribution in [-0.2, 0) is 0 Å². The lowest BCUT2D eigenvalue weighted by Crippen LogP contribution is -2.28. The molecule has 0 saturated carbocycles. The summed E-state index contributed by atoms with van der Waals surface area (Å²) in [6, 6.07) is 4.34. The standard InChI is InChI=1S/C13H14N6/c14-19-17-8-11-6-13-10(7-16-11)5-12(18-13)9-1-3-15-4-2-9/h1-4,7,10-11,13H,5-6,8H2. The molecule has 0 amide bonds. The molecule has 6 nitrogen and oxygen atoms in total. The van der Waals surface area contributed by atoms with Gasteiger partial charge in [-0.2, -0.15) is 0 Å². The van der Waals surface area contributed by atoms with Gasteiger partial charge >= 0.3 is 0 Å². The van der Waals surface area contributed by atoms with Crippen molar-refractivity contribution in [3.05, 3.63) is 40.5 Å². The lowest BCUT2D eigenvalue weighted by molar-refractivity contribution is 0.462. The number of pyridine rings is 1. The van der Waals surface area contributed by atoms with Crippen LogP contribution in [0.25, 0.3) is 10.4 Å². The largest absolute Gasteiger partial charge is 0.294 e. The summed E-state index contributed by atoms with van der Waals surface area (Å²) in [5.41, 5.74) is 10.6. The zero-order chi connectivity index (χ0) is 13.1. The van der Waals surface area contributed by atoms with Crippen LogP contribution in [-0.4, -0.2) is 35.5 Å². The molecular weight excluding hydrogens is 240 g/mol. The molecule has 3 rings (SSSR count). The number of rotatable bonds is 3. The Morgan fingerprint density at radius 2 is 2.21 bits per heavy atom. The first-order chi connectivity index (χ1) is 9.36. The van der Waals surface area contributed by atoms with Gasteiger partial charge in [-0.25, -0.2) is 0 Å². The minimum atomic E-state index is 0.0812. The summed E-state index contributed by atoms with van der Waals surface area (Å²) in [5.74, 6) is 0.394. The van der Waals surface area contributed by atoms with Gasteiger partial charge in [0.05, 0.1) is 12.1 Å². The summed E-state index contributed by atoms with van der Waals surface area (Å²) < 4.78 is 0. The van der Waals surface area contributed by atoms with Crippen LogP contribution in [0.15, 0.2) is 39.6 Å². The van der Waals surface area contributed by atoms with E-state index in [9.17, 15) is 0 Å². The maximum atomic E-state index is 8.35. The molecule has 3 atom stereocenters. The molecule has 0 radical (unpaired) electrons. The van der Waals surface area contributed by atoms with Gasteiger partial charge in [-0.15, -0.1) is 0 Å². The molecule has 0 N–H and O–H groups in total. The molecule has 3 unspecified atom stereocenters. The van der Waals surface area contributed by atoms with Gasteiger partial charge in [-0.3, -0.25) is 15.0 Å². The molecule has 0 saturated heterocycles. The number of azide groups is 1. The van der Waals surface area contributed by atoms with E-state index >= 15 is 0 Å². The maximum absolute atomic E-state index is 8.35. The van der Waals surface area contributed by atoms with Crippen LogP contribution in [0, 0.1) is 5.92 Å². The van der Waals surface area contributed by atoms with E-state index in [1.165, 1.54) is 0 Å². The van der Waals surface area contributed by atoms with E-state index < -0.39 is 0 Å². The highest BCUT2D eigenvalue weighted by Gasteiger charge is 2.33. The van der Waals surface area contributed by atoms with Crippen molar-refractivity contribution < 1.29 is 0 Å². The Hall–Kier alpha value is -2.20. The van der Waals surface area contributed by atoms with Crippen LogP contribution in [0.3, 0.4) is 0 Å². The monoisotopic (exact) mass is 254 g/mol. The normalized spacial score (nSPS) is 28.4.